The Hall–Kier alpha value is -3.21. The summed E-state index contributed by atoms with van der Waals surface area (Å²) in [5.41, 5.74) is 2.19. The van der Waals surface area contributed by atoms with Gasteiger partial charge in [-0.2, -0.15) is 0 Å². The Kier molecular flexibility index (Phi) is 6.85. The third-order valence-electron chi connectivity index (χ3n) is 3.56. The van der Waals surface area contributed by atoms with Gasteiger partial charge in [-0.25, -0.2) is 4.79 Å². The van der Waals surface area contributed by atoms with Gasteiger partial charge in [0.2, 0.25) is 0 Å². The fraction of sp³-hybridized carbons (Fsp3) is 0.190. The van der Waals surface area contributed by atoms with Crippen molar-refractivity contribution < 1.29 is 23.9 Å². The zero-order valence-electron chi connectivity index (χ0n) is 14.6. The van der Waals surface area contributed by atoms with E-state index in [4.69, 9.17) is 9.47 Å². The molecular formula is C21H20O5. The maximum Gasteiger partial charge on any atom is 0.334 e. The van der Waals surface area contributed by atoms with E-state index in [-0.39, 0.29) is 24.4 Å². The lowest BCUT2D eigenvalue weighted by Crippen LogP contribution is -2.17. The van der Waals surface area contributed by atoms with Crippen LogP contribution in [0.1, 0.15) is 27.9 Å². The first-order valence-corrected chi connectivity index (χ1v) is 8.10. The second-order valence-electron chi connectivity index (χ2n) is 5.80. The zero-order chi connectivity index (χ0) is 18.9. The number of carbonyl (C=O) groups excluding carboxylic acids is 3. The molecule has 5 nitrogen and oxygen atoms in total. The lowest BCUT2D eigenvalue weighted by Gasteiger charge is -2.08. The first-order valence-electron chi connectivity index (χ1n) is 8.10. The smallest absolute Gasteiger partial charge is 0.334 e. The number of hydrogen-bond donors (Lipinski definition) is 0. The summed E-state index contributed by atoms with van der Waals surface area (Å²) < 4.78 is 10.0. The van der Waals surface area contributed by atoms with Gasteiger partial charge in [-0.3, -0.25) is 9.59 Å². The van der Waals surface area contributed by atoms with Gasteiger partial charge in [-0.05, 0) is 18.6 Å². The minimum Gasteiger partial charge on any atom is -0.461 e. The van der Waals surface area contributed by atoms with Crippen molar-refractivity contribution in [3.63, 3.8) is 0 Å². The first kappa shape index (κ1) is 19.1. The second kappa shape index (κ2) is 9.32. The lowest BCUT2D eigenvalue weighted by molar-refractivity contribution is -0.146. The first-order chi connectivity index (χ1) is 12.5. The van der Waals surface area contributed by atoms with Gasteiger partial charge < -0.3 is 9.47 Å². The molecule has 0 unspecified atom stereocenters. The molecule has 0 radical (unpaired) electrons. The molecule has 2 aromatic rings. The zero-order valence-corrected chi connectivity index (χ0v) is 14.6. The molecule has 0 aromatic heterocycles. The van der Waals surface area contributed by atoms with E-state index in [1.807, 2.05) is 43.3 Å². The Morgan fingerprint density at radius 3 is 2.38 bits per heavy atom. The van der Waals surface area contributed by atoms with Gasteiger partial charge in [0.1, 0.15) is 6.61 Å². The van der Waals surface area contributed by atoms with Crippen LogP contribution in [0.25, 0.3) is 0 Å². The van der Waals surface area contributed by atoms with Crippen LogP contribution in [0, 0.1) is 6.92 Å². The fourth-order valence-corrected chi connectivity index (χ4v) is 2.17. The molecule has 2 aromatic carbocycles. The largest absolute Gasteiger partial charge is 0.461 e. The van der Waals surface area contributed by atoms with Crippen LogP contribution >= 0.6 is 0 Å². The van der Waals surface area contributed by atoms with E-state index in [2.05, 4.69) is 6.58 Å². The van der Waals surface area contributed by atoms with Crippen LogP contribution in [0.4, 0.5) is 0 Å². The molecule has 134 valence electrons. The second-order valence-corrected chi connectivity index (χ2v) is 5.80. The Bertz CT molecular complexity index is 808. The normalized spacial score (nSPS) is 10.0. The molecule has 0 amide bonds. The maximum atomic E-state index is 12.0. The van der Waals surface area contributed by atoms with Crippen molar-refractivity contribution in [2.75, 3.05) is 6.61 Å². The van der Waals surface area contributed by atoms with Crippen molar-refractivity contribution >= 4 is 17.7 Å². The fourth-order valence-electron chi connectivity index (χ4n) is 2.17. The SMILES string of the molecule is C=C(CC(=O)OCc1ccccc1)C(=O)OCC(=O)c1cccc(C)c1. The van der Waals surface area contributed by atoms with Crippen LogP contribution in [0.15, 0.2) is 66.7 Å². The number of rotatable bonds is 8. The van der Waals surface area contributed by atoms with Gasteiger partial charge in [-0.1, -0.05) is 60.7 Å². The minimum atomic E-state index is -0.789. The molecule has 26 heavy (non-hydrogen) atoms. The summed E-state index contributed by atoms with van der Waals surface area (Å²) in [6.45, 7) is 5.11. The molecule has 0 heterocycles. The average Bonchev–Trinajstić information content (AvgIpc) is 2.65. The van der Waals surface area contributed by atoms with E-state index in [1.54, 1.807) is 18.2 Å². The van der Waals surface area contributed by atoms with Crippen molar-refractivity contribution in [1.29, 1.82) is 0 Å². The monoisotopic (exact) mass is 352 g/mol. The molecule has 0 aliphatic rings. The molecule has 0 bridgehead atoms. The number of carbonyl (C=O) groups is 3. The number of ketones is 1. The molecule has 0 aliphatic heterocycles. The summed E-state index contributed by atoms with van der Waals surface area (Å²) in [7, 11) is 0. The van der Waals surface area contributed by atoms with Gasteiger partial charge >= 0.3 is 11.9 Å². The molecule has 2 rings (SSSR count). The van der Waals surface area contributed by atoms with Gasteiger partial charge in [0.15, 0.2) is 12.4 Å². The molecule has 0 spiro atoms. The van der Waals surface area contributed by atoms with Crippen LogP contribution in [0.2, 0.25) is 0 Å². The topological polar surface area (TPSA) is 69.7 Å². The molecule has 0 N–H and O–H groups in total. The summed E-state index contributed by atoms with van der Waals surface area (Å²) in [6, 6.07) is 16.2. The summed E-state index contributed by atoms with van der Waals surface area (Å²) in [4.78, 5) is 35.7. The number of aryl methyl sites for hydroxylation is 1. The predicted molar refractivity (Wildman–Crippen MR) is 96.5 cm³/mol. The summed E-state index contributed by atoms with van der Waals surface area (Å²) >= 11 is 0. The van der Waals surface area contributed by atoms with Crippen molar-refractivity contribution in [1.82, 2.24) is 0 Å². The highest BCUT2D eigenvalue weighted by Gasteiger charge is 2.16. The van der Waals surface area contributed by atoms with Gasteiger partial charge in [0.05, 0.1) is 6.42 Å². The number of ether oxygens (including phenoxy) is 2. The summed E-state index contributed by atoms with van der Waals surface area (Å²) in [6.07, 6.45) is -0.287. The highest BCUT2D eigenvalue weighted by atomic mass is 16.5. The number of esters is 2. The van der Waals surface area contributed by atoms with Gasteiger partial charge in [0.25, 0.3) is 0 Å². The third-order valence-corrected chi connectivity index (χ3v) is 3.56. The van der Waals surface area contributed by atoms with E-state index in [1.165, 1.54) is 0 Å². The van der Waals surface area contributed by atoms with Gasteiger partial charge in [-0.15, -0.1) is 0 Å². The molecule has 0 atom stereocenters. The van der Waals surface area contributed by atoms with E-state index in [9.17, 15) is 14.4 Å². The quantitative estimate of drug-likeness (QED) is 0.414. The van der Waals surface area contributed by atoms with Crippen LogP contribution in [0.5, 0.6) is 0 Å². The van der Waals surface area contributed by atoms with Crippen LogP contribution in [-0.2, 0) is 25.7 Å². The molecule has 0 saturated heterocycles. The minimum absolute atomic E-state index is 0.0555. The Balaban J connectivity index is 1.75. The highest BCUT2D eigenvalue weighted by Crippen LogP contribution is 2.08. The highest BCUT2D eigenvalue weighted by molar-refractivity contribution is 6.00. The number of Topliss-reactive ketones (excluding diaryl/α,β-unsaturated/α-hetero) is 1. The lowest BCUT2D eigenvalue weighted by atomic mass is 10.1. The Morgan fingerprint density at radius 2 is 1.69 bits per heavy atom. The van der Waals surface area contributed by atoms with E-state index in [0.717, 1.165) is 11.1 Å². The summed E-state index contributed by atoms with van der Waals surface area (Å²) in [5.74, 6) is -1.69. The maximum absolute atomic E-state index is 12.0. The number of hydrogen-bond acceptors (Lipinski definition) is 5. The molecular weight excluding hydrogens is 332 g/mol. The Labute approximate surface area is 152 Å². The van der Waals surface area contributed by atoms with E-state index >= 15 is 0 Å². The van der Waals surface area contributed by atoms with Crippen LogP contribution in [0.3, 0.4) is 0 Å². The van der Waals surface area contributed by atoms with Crippen molar-refractivity contribution in [2.24, 2.45) is 0 Å². The average molecular weight is 352 g/mol. The standard InChI is InChI=1S/C21H20O5/c1-15-7-6-10-18(11-15)19(22)14-26-21(24)16(2)12-20(23)25-13-17-8-4-3-5-9-17/h3-11H,2,12-14H2,1H3. The number of benzene rings is 2. The summed E-state index contributed by atoms with van der Waals surface area (Å²) in [5, 5.41) is 0. The molecule has 0 fully saturated rings. The molecule has 0 aliphatic carbocycles. The molecule has 5 heteroatoms. The van der Waals surface area contributed by atoms with Crippen molar-refractivity contribution in [2.45, 2.75) is 20.0 Å². The van der Waals surface area contributed by atoms with E-state index < -0.39 is 18.5 Å². The van der Waals surface area contributed by atoms with Crippen molar-refractivity contribution in [3.8, 4) is 0 Å². The predicted octanol–water partition coefficient (Wildman–Crippen LogP) is 3.41. The van der Waals surface area contributed by atoms with Crippen molar-refractivity contribution in [3.05, 3.63) is 83.4 Å². The molecule has 0 saturated carbocycles. The third kappa shape index (κ3) is 6.02. The van der Waals surface area contributed by atoms with E-state index in [0.29, 0.717) is 5.56 Å². The van der Waals surface area contributed by atoms with Gasteiger partial charge in [0, 0.05) is 11.1 Å². The van der Waals surface area contributed by atoms with Crippen LogP contribution in [-0.4, -0.2) is 24.3 Å². The van der Waals surface area contributed by atoms with Crippen LogP contribution < -0.4 is 0 Å². The Morgan fingerprint density at radius 1 is 0.962 bits per heavy atom.